The Morgan fingerprint density at radius 1 is 1.29 bits per heavy atom. The first-order valence-electron chi connectivity index (χ1n) is 7.48. The molecule has 0 atom stereocenters. The minimum absolute atomic E-state index is 0.637. The van der Waals surface area contributed by atoms with Gasteiger partial charge in [-0.15, -0.1) is 0 Å². The minimum atomic E-state index is -0.643. The van der Waals surface area contributed by atoms with Crippen molar-refractivity contribution in [1.29, 1.82) is 0 Å². The molecule has 5 heteroatoms. The molecule has 4 nitrogen and oxygen atoms in total. The fourth-order valence-corrected chi connectivity index (χ4v) is 3.49. The molecular formula is C16H22ClNO3. The summed E-state index contributed by atoms with van der Waals surface area (Å²) < 4.78 is 11.1. The number of benzene rings is 1. The zero-order valence-corrected chi connectivity index (χ0v) is 13.2. The highest BCUT2D eigenvalue weighted by molar-refractivity contribution is 6.30. The van der Waals surface area contributed by atoms with Crippen LogP contribution in [-0.2, 0) is 17.7 Å². The molecule has 1 fully saturated rings. The van der Waals surface area contributed by atoms with E-state index in [9.17, 15) is 5.11 Å². The highest BCUT2D eigenvalue weighted by Crippen LogP contribution is 2.34. The summed E-state index contributed by atoms with van der Waals surface area (Å²) >= 11 is 6.19. The second kappa shape index (κ2) is 6.13. The van der Waals surface area contributed by atoms with Crippen LogP contribution in [0.5, 0.6) is 5.75 Å². The Bertz CT molecular complexity index is 514. The first-order valence-corrected chi connectivity index (χ1v) is 7.86. The van der Waals surface area contributed by atoms with Crippen molar-refractivity contribution >= 4 is 11.6 Å². The summed E-state index contributed by atoms with van der Waals surface area (Å²) in [5.74, 6) is 0.977. The fourth-order valence-electron chi connectivity index (χ4n) is 3.22. The normalized spacial score (nSPS) is 20.4. The topological polar surface area (TPSA) is 41.9 Å². The minimum Gasteiger partial charge on any atom is -0.493 e. The van der Waals surface area contributed by atoms with E-state index in [0.717, 1.165) is 35.9 Å². The maximum Gasteiger partial charge on any atom is 0.127 e. The number of nitrogens with zero attached hydrogens (tertiary/aromatic N) is 1. The van der Waals surface area contributed by atoms with E-state index in [1.165, 1.54) is 5.56 Å². The Morgan fingerprint density at radius 2 is 2.05 bits per heavy atom. The SMILES string of the molecule is CN(Cc1cc(Cl)cc2c1OCC2)CC1(O)CCOCC1. The Labute approximate surface area is 130 Å². The van der Waals surface area contributed by atoms with Crippen molar-refractivity contribution < 1.29 is 14.6 Å². The maximum absolute atomic E-state index is 10.6. The van der Waals surface area contributed by atoms with Gasteiger partial charge in [-0.1, -0.05) is 11.6 Å². The third-order valence-corrected chi connectivity index (χ3v) is 4.47. The number of halogens is 1. The molecule has 0 unspecified atom stereocenters. The number of fused-ring (bicyclic) bond motifs is 1. The van der Waals surface area contributed by atoms with Crippen molar-refractivity contribution in [2.75, 3.05) is 33.4 Å². The highest BCUT2D eigenvalue weighted by Gasteiger charge is 2.31. The lowest BCUT2D eigenvalue weighted by Crippen LogP contribution is -2.45. The molecule has 0 aromatic heterocycles. The molecule has 116 valence electrons. The van der Waals surface area contributed by atoms with Crippen molar-refractivity contribution in [3.8, 4) is 5.75 Å². The first-order chi connectivity index (χ1) is 10.1. The molecule has 3 rings (SSSR count). The number of likely N-dealkylation sites (N-methyl/N-ethyl adjacent to an activating group) is 1. The number of hydrogen-bond donors (Lipinski definition) is 1. The molecular weight excluding hydrogens is 290 g/mol. The molecule has 0 bridgehead atoms. The Balaban J connectivity index is 1.69. The van der Waals surface area contributed by atoms with Crippen LogP contribution >= 0.6 is 11.6 Å². The average molecular weight is 312 g/mol. The van der Waals surface area contributed by atoms with E-state index in [1.54, 1.807) is 0 Å². The molecule has 0 amide bonds. The van der Waals surface area contributed by atoms with Gasteiger partial charge in [-0.25, -0.2) is 0 Å². The van der Waals surface area contributed by atoms with Crippen molar-refractivity contribution in [2.45, 2.75) is 31.4 Å². The molecule has 0 radical (unpaired) electrons. The quantitative estimate of drug-likeness (QED) is 0.926. The van der Waals surface area contributed by atoms with E-state index < -0.39 is 5.60 Å². The van der Waals surface area contributed by atoms with Gasteiger partial charge in [0, 0.05) is 56.2 Å². The van der Waals surface area contributed by atoms with Gasteiger partial charge in [-0.3, -0.25) is 4.90 Å². The first kappa shape index (κ1) is 15.1. The van der Waals surface area contributed by atoms with Gasteiger partial charge < -0.3 is 14.6 Å². The lowest BCUT2D eigenvalue weighted by atomic mass is 9.93. The summed E-state index contributed by atoms with van der Waals surface area (Å²) in [4.78, 5) is 2.14. The summed E-state index contributed by atoms with van der Waals surface area (Å²) in [5, 5.41) is 11.3. The van der Waals surface area contributed by atoms with E-state index in [0.29, 0.717) is 32.6 Å². The van der Waals surface area contributed by atoms with E-state index in [4.69, 9.17) is 21.1 Å². The summed E-state index contributed by atoms with van der Waals surface area (Å²) in [6.45, 7) is 3.37. The van der Waals surface area contributed by atoms with Gasteiger partial charge in [-0.2, -0.15) is 0 Å². The number of hydrogen-bond acceptors (Lipinski definition) is 4. The molecule has 2 heterocycles. The molecule has 1 aromatic carbocycles. The Morgan fingerprint density at radius 3 is 2.81 bits per heavy atom. The molecule has 1 N–H and O–H groups in total. The third-order valence-electron chi connectivity index (χ3n) is 4.25. The zero-order valence-electron chi connectivity index (χ0n) is 12.4. The molecule has 1 aromatic rings. The number of ether oxygens (including phenoxy) is 2. The standard InChI is InChI=1S/C16H22ClNO3/c1-18(11-16(19)3-6-20-7-4-16)10-13-9-14(17)8-12-2-5-21-15(12)13/h8-9,19H,2-7,10-11H2,1H3. The second-order valence-corrected chi connectivity index (χ2v) is 6.60. The van der Waals surface area contributed by atoms with Crippen molar-refractivity contribution in [3.05, 3.63) is 28.3 Å². The summed E-state index contributed by atoms with van der Waals surface area (Å²) in [7, 11) is 2.02. The van der Waals surface area contributed by atoms with Gasteiger partial charge in [0.15, 0.2) is 0 Å². The lowest BCUT2D eigenvalue weighted by molar-refractivity contribution is -0.0777. The van der Waals surface area contributed by atoms with Gasteiger partial charge in [0.05, 0.1) is 12.2 Å². The number of aliphatic hydroxyl groups is 1. The van der Waals surface area contributed by atoms with E-state index in [-0.39, 0.29) is 0 Å². The van der Waals surface area contributed by atoms with Crippen molar-refractivity contribution in [1.82, 2.24) is 4.90 Å². The van der Waals surface area contributed by atoms with Gasteiger partial charge in [0.1, 0.15) is 5.75 Å². The van der Waals surface area contributed by atoms with Gasteiger partial charge in [0.2, 0.25) is 0 Å². The Hall–Kier alpha value is -0.810. The molecule has 0 aliphatic carbocycles. The van der Waals surface area contributed by atoms with Crippen LogP contribution in [0.2, 0.25) is 5.02 Å². The summed E-state index contributed by atoms with van der Waals surface area (Å²) in [5.41, 5.74) is 1.65. The molecule has 0 spiro atoms. The van der Waals surface area contributed by atoms with Crippen LogP contribution in [0, 0.1) is 0 Å². The third kappa shape index (κ3) is 3.51. The van der Waals surface area contributed by atoms with E-state index >= 15 is 0 Å². The summed E-state index contributed by atoms with van der Waals surface area (Å²) in [6, 6.07) is 3.95. The van der Waals surface area contributed by atoms with Crippen LogP contribution in [-0.4, -0.2) is 49.0 Å². The van der Waals surface area contributed by atoms with Gasteiger partial charge in [-0.05, 0) is 24.7 Å². The Kier molecular flexibility index (Phi) is 4.41. The highest BCUT2D eigenvalue weighted by atomic mass is 35.5. The fraction of sp³-hybridized carbons (Fsp3) is 0.625. The van der Waals surface area contributed by atoms with Crippen LogP contribution in [0.4, 0.5) is 0 Å². The van der Waals surface area contributed by atoms with Crippen molar-refractivity contribution in [2.24, 2.45) is 0 Å². The predicted molar refractivity (Wildman–Crippen MR) is 82.0 cm³/mol. The maximum atomic E-state index is 10.6. The van der Waals surface area contributed by atoms with E-state index in [1.807, 2.05) is 19.2 Å². The molecule has 21 heavy (non-hydrogen) atoms. The molecule has 0 saturated carbocycles. The van der Waals surface area contributed by atoms with Crippen LogP contribution in [0.3, 0.4) is 0 Å². The number of rotatable bonds is 4. The predicted octanol–water partition coefficient (Wildman–Crippen LogP) is 2.25. The second-order valence-electron chi connectivity index (χ2n) is 6.16. The van der Waals surface area contributed by atoms with Gasteiger partial charge in [0.25, 0.3) is 0 Å². The van der Waals surface area contributed by atoms with Crippen LogP contribution in [0.25, 0.3) is 0 Å². The zero-order chi connectivity index (χ0) is 14.9. The van der Waals surface area contributed by atoms with Crippen LogP contribution < -0.4 is 4.74 Å². The lowest BCUT2D eigenvalue weighted by Gasteiger charge is -2.35. The molecule has 2 aliphatic heterocycles. The smallest absolute Gasteiger partial charge is 0.127 e. The van der Waals surface area contributed by atoms with Gasteiger partial charge >= 0.3 is 0 Å². The average Bonchev–Trinajstić information content (AvgIpc) is 2.86. The monoisotopic (exact) mass is 311 g/mol. The largest absolute Gasteiger partial charge is 0.493 e. The van der Waals surface area contributed by atoms with Crippen molar-refractivity contribution in [3.63, 3.8) is 0 Å². The molecule has 2 aliphatic rings. The molecule has 1 saturated heterocycles. The summed E-state index contributed by atoms with van der Waals surface area (Å²) in [6.07, 6.45) is 2.32. The van der Waals surface area contributed by atoms with Crippen LogP contribution in [0.1, 0.15) is 24.0 Å². The van der Waals surface area contributed by atoms with Crippen LogP contribution in [0.15, 0.2) is 12.1 Å². The van der Waals surface area contributed by atoms with E-state index in [2.05, 4.69) is 4.90 Å².